The van der Waals surface area contributed by atoms with Gasteiger partial charge in [-0.15, -0.1) is 0 Å². The van der Waals surface area contributed by atoms with Crippen LogP contribution in [0, 0.1) is 11.6 Å². The average Bonchev–Trinajstić information content (AvgIpc) is 2.46. The molecule has 2 N–H and O–H groups in total. The van der Waals surface area contributed by atoms with Crippen LogP contribution in [0.15, 0.2) is 12.1 Å². The molecule has 0 saturated carbocycles. The van der Waals surface area contributed by atoms with Crippen molar-refractivity contribution in [1.29, 1.82) is 0 Å². The molecule has 1 atom stereocenters. The van der Waals surface area contributed by atoms with Crippen LogP contribution in [0.25, 0.3) is 0 Å². The lowest BCUT2D eigenvalue weighted by atomic mass is 9.74. The summed E-state index contributed by atoms with van der Waals surface area (Å²) in [6, 6.07) is 2.04. The van der Waals surface area contributed by atoms with Crippen molar-refractivity contribution in [3.05, 3.63) is 34.4 Å². The van der Waals surface area contributed by atoms with Gasteiger partial charge in [0, 0.05) is 10.6 Å². The maximum absolute atomic E-state index is 13.9. The van der Waals surface area contributed by atoms with E-state index in [1.807, 2.05) is 27.7 Å². The first-order chi connectivity index (χ1) is 9.05. The van der Waals surface area contributed by atoms with Gasteiger partial charge in [-0.2, -0.15) is 0 Å². The summed E-state index contributed by atoms with van der Waals surface area (Å²) in [4.78, 5) is 0. The summed E-state index contributed by atoms with van der Waals surface area (Å²) < 4.78 is 39.2. The third-order valence-electron chi connectivity index (χ3n) is 3.94. The van der Waals surface area contributed by atoms with E-state index in [1.165, 1.54) is 0 Å². The molecule has 3 nitrogen and oxygen atoms in total. The summed E-state index contributed by atoms with van der Waals surface area (Å²) >= 11 is 5.59. The van der Waals surface area contributed by atoms with Gasteiger partial charge in [0.25, 0.3) is 0 Å². The van der Waals surface area contributed by atoms with Crippen molar-refractivity contribution in [3.63, 3.8) is 0 Å². The van der Waals surface area contributed by atoms with Crippen LogP contribution in [0.1, 0.15) is 39.2 Å². The number of rotatable bonds is 2. The largest absolute Gasteiger partial charge is 0.480 e. The molecule has 0 amide bonds. The van der Waals surface area contributed by atoms with Gasteiger partial charge in [0.1, 0.15) is 11.6 Å². The highest BCUT2D eigenvalue weighted by molar-refractivity contribution is 6.47. The molecule has 20 heavy (non-hydrogen) atoms. The van der Waals surface area contributed by atoms with E-state index in [0.29, 0.717) is 0 Å². The molecule has 1 fully saturated rings. The van der Waals surface area contributed by atoms with Crippen LogP contribution in [0.2, 0.25) is 5.02 Å². The molecule has 0 unspecified atom stereocenters. The van der Waals surface area contributed by atoms with Crippen molar-refractivity contribution in [3.8, 4) is 0 Å². The van der Waals surface area contributed by atoms with Crippen LogP contribution in [0.5, 0.6) is 0 Å². The van der Waals surface area contributed by atoms with Gasteiger partial charge in [0.2, 0.25) is 0 Å². The molecule has 2 rings (SSSR count). The van der Waals surface area contributed by atoms with Crippen molar-refractivity contribution in [2.45, 2.75) is 44.8 Å². The Balaban J connectivity index is 2.33. The first-order valence-electron chi connectivity index (χ1n) is 6.31. The van der Waals surface area contributed by atoms with E-state index >= 15 is 0 Å². The number of nitrogens with two attached hydrogens (primary N) is 1. The minimum atomic E-state index is -1.08. The highest BCUT2D eigenvalue weighted by atomic mass is 35.5. The van der Waals surface area contributed by atoms with Gasteiger partial charge in [0.15, 0.2) is 0 Å². The van der Waals surface area contributed by atoms with E-state index < -0.39 is 35.9 Å². The van der Waals surface area contributed by atoms with E-state index in [1.54, 1.807) is 0 Å². The molecule has 0 bridgehead atoms. The highest BCUT2D eigenvalue weighted by Crippen LogP contribution is 2.40. The molecule has 1 aliphatic heterocycles. The molecule has 1 aromatic rings. The fourth-order valence-electron chi connectivity index (χ4n) is 2.04. The zero-order chi connectivity index (χ0) is 15.3. The fraction of sp³-hybridized carbons (Fsp3) is 0.538. The topological polar surface area (TPSA) is 44.5 Å². The van der Waals surface area contributed by atoms with Crippen LogP contribution in [0.3, 0.4) is 0 Å². The van der Waals surface area contributed by atoms with Gasteiger partial charge in [0.05, 0.1) is 17.1 Å². The summed E-state index contributed by atoms with van der Waals surface area (Å²) in [5.41, 5.74) is 4.40. The Bertz CT molecular complexity index is 500. The molecule has 0 aliphatic carbocycles. The van der Waals surface area contributed by atoms with Crippen molar-refractivity contribution in [2.24, 2.45) is 5.73 Å². The maximum atomic E-state index is 13.9. The SMILES string of the molecule is CC1(C)OB([C@H](N)c2c(F)cc(Cl)cc2F)OC1(C)C. The fourth-order valence-corrected chi connectivity index (χ4v) is 2.23. The van der Waals surface area contributed by atoms with Crippen LogP contribution in [-0.2, 0) is 9.31 Å². The summed E-state index contributed by atoms with van der Waals surface area (Å²) in [6.07, 6.45) is 0. The lowest BCUT2D eigenvalue weighted by molar-refractivity contribution is 0.00578. The molecule has 1 aliphatic rings. The smallest absolute Gasteiger partial charge is 0.402 e. The van der Waals surface area contributed by atoms with E-state index in [9.17, 15) is 8.78 Å². The van der Waals surface area contributed by atoms with Crippen LogP contribution in [0.4, 0.5) is 8.78 Å². The highest BCUT2D eigenvalue weighted by Gasteiger charge is 2.54. The molecule has 7 heteroatoms. The number of halogens is 3. The molecule has 0 radical (unpaired) electrons. The zero-order valence-corrected chi connectivity index (χ0v) is 12.6. The molecule has 1 saturated heterocycles. The van der Waals surface area contributed by atoms with Gasteiger partial charge in [-0.3, -0.25) is 0 Å². The molecule has 0 aromatic heterocycles. The van der Waals surface area contributed by atoms with Crippen LogP contribution in [-0.4, -0.2) is 18.3 Å². The van der Waals surface area contributed by atoms with Crippen molar-refractivity contribution in [1.82, 2.24) is 0 Å². The second-order valence-corrected chi connectivity index (χ2v) is 6.37. The lowest BCUT2D eigenvalue weighted by Crippen LogP contribution is -2.41. The summed E-state index contributed by atoms with van der Waals surface area (Å²) in [7, 11) is -0.926. The monoisotopic (exact) mass is 303 g/mol. The third kappa shape index (κ3) is 2.57. The summed E-state index contributed by atoms with van der Waals surface area (Å²) in [6.45, 7) is 7.37. The van der Waals surface area contributed by atoms with Gasteiger partial charge in [-0.25, -0.2) is 8.78 Å². The second kappa shape index (κ2) is 4.95. The maximum Gasteiger partial charge on any atom is 0.480 e. The molecular formula is C13H17BClF2NO2. The van der Waals surface area contributed by atoms with Crippen molar-refractivity contribution < 1.29 is 18.1 Å². The Hall–Kier alpha value is -0.685. The normalized spacial score (nSPS) is 22.1. The first kappa shape index (κ1) is 15.7. The lowest BCUT2D eigenvalue weighted by Gasteiger charge is -2.32. The quantitative estimate of drug-likeness (QED) is 0.853. The molecule has 1 heterocycles. The Labute approximate surface area is 122 Å². The molecular weight excluding hydrogens is 286 g/mol. The average molecular weight is 304 g/mol. The Morgan fingerprint density at radius 2 is 1.50 bits per heavy atom. The van der Waals surface area contributed by atoms with Gasteiger partial charge in [-0.05, 0) is 39.8 Å². The molecule has 1 aromatic carbocycles. The van der Waals surface area contributed by atoms with Crippen LogP contribution < -0.4 is 5.73 Å². The van der Waals surface area contributed by atoms with Crippen LogP contribution >= 0.6 is 11.6 Å². The Morgan fingerprint density at radius 1 is 1.10 bits per heavy atom. The van der Waals surface area contributed by atoms with E-state index in [-0.39, 0.29) is 10.6 Å². The minimum Gasteiger partial charge on any atom is -0.402 e. The predicted molar refractivity (Wildman–Crippen MR) is 74.4 cm³/mol. The van der Waals surface area contributed by atoms with Gasteiger partial charge >= 0.3 is 7.12 Å². The molecule has 0 spiro atoms. The van der Waals surface area contributed by atoms with Crippen molar-refractivity contribution >= 4 is 18.7 Å². The van der Waals surface area contributed by atoms with E-state index in [0.717, 1.165) is 12.1 Å². The van der Waals surface area contributed by atoms with Crippen molar-refractivity contribution in [2.75, 3.05) is 0 Å². The minimum absolute atomic E-state index is 0.0233. The predicted octanol–water partition coefficient (Wildman–Crippen LogP) is 3.25. The first-order valence-corrected chi connectivity index (χ1v) is 6.68. The second-order valence-electron chi connectivity index (χ2n) is 5.93. The number of hydrogen-bond donors (Lipinski definition) is 1. The van der Waals surface area contributed by atoms with E-state index in [2.05, 4.69) is 0 Å². The number of benzene rings is 1. The summed E-state index contributed by atoms with van der Waals surface area (Å²) in [5.74, 6) is -2.69. The summed E-state index contributed by atoms with van der Waals surface area (Å²) in [5, 5.41) is -0.0233. The molecule has 110 valence electrons. The zero-order valence-electron chi connectivity index (χ0n) is 11.8. The Morgan fingerprint density at radius 3 is 1.90 bits per heavy atom. The van der Waals surface area contributed by atoms with E-state index in [4.69, 9.17) is 26.6 Å². The Kier molecular flexibility index (Phi) is 3.88. The number of hydrogen-bond acceptors (Lipinski definition) is 3. The standard InChI is InChI=1S/C13H17BClF2NO2/c1-12(2)13(3,4)20-14(19-12)11(18)10-8(16)5-7(15)6-9(10)17/h5-6,11H,18H2,1-4H3/t11-/m1/s1. The van der Waals surface area contributed by atoms with Gasteiger partial charge in [-0.1, -0.05) is 11.6 Å². The third-order valence-corrected chi connectivity index (χ3v) is 4.16. The van der Waals surface area contributed by atoms with Gasteiger partial charge < -0.3 is 15.0 Å².